The second-order valence-corrected chi connectivity index (χ2v) is 4.90. The van der Waals surface area contributed by atoms with Gasteiger partial charge < -0.3 is 5.32 Å². The Morgan fingerprint density at radius 3 is 2.15 bits per heavy atom. The summed E-state index contributed by atoms with van der Waals surface area (Å²) in [5.74, 6) is 0. The molecule has 0 aromatic heterocycles. The van der Waals surface area contributed by atoms with Crippen molar-refractivity contribution in [2.75, 3.05) is 0 Å². The van der Waals surface area contributed by atoms with E-state index in [-0.39, 0.29) is 0 Å². The van der Waals surface area contributed by atoms with Crippen molar-refractivity contribution in [1.82, 2.24) is 5.32 Å². The lowest BCUT2D eigenvalue weighted by atomic mass is 9.88. The van der Waals surface area contributed by atoms with Crippen molar-refractivity contribution < 1.29 is 0 Å². The van der Waals surface area contributed by atoms with E-state index in [1.54, 1.807) is 0 Å². The van der Waals surface area contributed by atoms with E-state index in [0.29, 0.717) is 17.5 Å². The highest BCUT2D eigenvalue weighted by molar-refractivity contribution is 5.27. The van der Waals surface area contributed by atoms with Crippen molar-refractivity contribution in [3.8, 4) is 0 Å². The van der Waals surface area contributed by atoms with Crippen LogP contribution in [0.4, 0.5) is 0 Å². The molecule has 0 bridgehead atoms. The van der Waals surface area contributed by atoms with Gasteiger partial charge in [0.2, 0.25) is 0 Å². The number of nitrogens with one attached hydrogen (secondary N) is 1. The maximum Gasteiger partial charge on any atom is 0.0484 e. The van der Waals surface area contributed by atoms with Crippen LogP contribution in [0.2, 0.25) is 0 Å². The van der Waals surface area contributed by atoms with Gasteiger partial charge in [0.25, 0.3) is 0 Å². The molecule has 0 spiro atoms. The molecule has 70 valence electrons. The Hall–Kier alpha value is -0.820. The topological polar surface area (TPSA) is 21.9 Å². The minimum atomic E-state index is 0.376. The zero-order valence-electron chi connectivity index (χ0n) is 8.54. The van der Waals surface area contributed by atoms with Gasteiger partial charge in [-0.2, -0.15) is 0 Å². The highest BCUT2D eigenvalue weighted by Crippen LogP contribution is 2.40. The summed E-state index contributed by atoms with van der Waals surface area (Å²) in [4.78, 5) is 0. The molecule has 1 aliphatic rings. The smallest absolute Gasteiger partial charge is 0.0484 e. The van der Waals surface area contributed by atoms with Gasteiger partial charge in [-0.3, -0.25) is 0 Å². The minimum Gasteiger partial charge on any atom is -0.303 e. The van der Waals surface area contributed by atoms with Gasteiger partial charge in [0.1, 0.15) is 0 Å². The molecule has 1 saturated heterocycles. The van der Waals surface area contributed by atoms with Crippen LogP contribution in [0, 0.1) is 5.41 Å². The normalized spacial score (nSPS) is 27.3. The van der Waals surface area contributed by atoms with E-state index in [9.17, 15) is 0 Å². The van der Waals surface area contributed by atoms with Gasteiger partial charge in [-0.25, -0.2) is 0 Å². The van der Waals surface area contributed by atoms with Gasteiger partial charge in [0, 0.05) is 12.1 Å². The lowest BCUT2D eigenvalue weighted by Gasteiger charge is -2.16. The molecule has 1 aliphatic heterocycles. The van der Waals surface area contributed by atoms with Crippen molar-refractivity contribution in [2.24, 2.45) is 5.41 Å². The molecule has 1 aromatic rings. The van der Waals surface area contributed by atoms with Crippen LogP contribution in [0.25, 0.3) is 0 Å². The fraction of sp³-hybridized carbons (Fsp3) is 0.500. The Balaban J connectivity index is 2.09. The second kappa shape index (κ2) is 2.85. The van der Waals surface area contributed by atoms with Crippen molar-refractivity contribution in [3.63, 3.8) is 0 Å². The Bertz CT molecular complexity index is 284. The Labute approximate surface area is 80.2 Å². The number of rotatable bonds is 1. The lowest BCUT2D eigenvalue weighted by molar-refractivity contribution is 0.395. The van der Waals surface area contributed by atoms with Crippen LogP contribution in [0.5, 0.6) is 0 Å². The first-order chi connectivity index (χ1) is 6.09. The summed E-state index contributed by atoms with van der Waals surface area (Å²) in [5, 5.41) is 3.52. The van der Waals surface area contributed by atoms with Gasteiger partial charge in [-0.15, -0.1) is 0 Å². The molecule has 2 rings (SSSR count). The third kappa shape index (κ3) is 1.75. The predicted octanol–water partition coefficient (Wildman–Crippen LogP) is 2.75. The first-order valence-corrected chi connectivity index (χ1v) is 4.90. The van der Waals surface area contributed by atoms with Crippen LogP contribution in [-0.4, -0.2) is 6.04 Å². The van der Waals surface area contributed by atoms with E-state index in [0.717, 1.165) is 0 Å². The molecule has 1 N–H and O–H groups in total. The fourth-order valence-electron chi connectivity index (χ4n) is 1.84. The fourth-order valence-corrected chi connectivity index (χ4v) is 1.84. The monoisotopic (exact) mass is 175 g/mol. The molecule has 0 amide bonds. The zero-order valence-corrected chi connectivity index (χ0v) is 8.54. The van der Waals surface area contributed by atoms with Gasteiger partial charge in [-0.1, -0.05) is 51.1 Å². The summed E-state index contributed by atoms with van der Waals surface area (Å²) in [6.45, 7) is 6.86. The summed E-state index contributed by atoms with van der Waals surface area (Å²) in [6, 6.07) is 11.9. The molecule has 1 heteroatoms. The summed E-state index contributed by atoms with van der Waals surface area (Å²) in [6.07, 6.45) is 0. The maximum atomic E-state index is 3.52. The van der Waals surface area contributed by atoms with Gasteiger partial charge >= 0.3 is 0 Å². The van der Waals surface area contributed by atoms with Gasteiger partial charge in [0.05, 0.1) is 0 Å². The molecule has 2 atom stereocenters. The summed E-state index contributed by atoms with van der Waals surface area (Å²) in [5.41, 5.74) is 1.79. The van der Waals surface area contributed by atoms with E-state index in [1.807, 2.05) is 0 Å². The second-order valence-electron chi connectivity index (χ2n) is 4.90. The molecule has 1 heterocycles. The number of benzene rings is 1. The SMILES string of the molecule is CC(C)(C)[C@@H]1N[C@@H]1c1ccccc1. The quantitative estimate of drug-likeness (QED) is 0.651. The Morgan fingerprint density at radius 1 is 1.08 bits per heavy atom. The first-order valence-electron chi connectivity index (χ1n) is 4.90. The van der Waals surface area contributed by atoms with Crippen LogP contribution < -0.4 is 5.32 Å². The van der Waals surface area contributed by atoms with Crippen LogP contribution in [0.15, 0.2) is 30.3 Å². The first kappa shape index (κ1) is 8.76. The predicted molar refractivity (Wildman–Crippen MR) is 55.6 cm³/mol. The highest BCUT2D eigenvalue weighted by atomic mass is 15.2. The van der Waals surface area contributed by atoms with Crippen LogP contribution in [0.3, 0.4) is 0 Å². The van der Waals surface area contributed by atoms with Crippen molar-refractivity contribution in [3.05, 3.63) is 35.9 Å². The van der Waals surface area contributed by atoms with Crippen molar-refractivity contribution >= 4 is 0 Å². The third-order valence-electron chi connectivity index (χ3n) is 2.68. The molecular formula is C12H17N. The van der Waals surface area contributed by atoms with E-state index >= 15 is 0 Å². The molecule has 1 aromatic carbocycles. The molecule has 1 nitrogen and oxygen atoms in total. The summed E-state index contributed by atoms with van der Waals surface area (Å²) in [7, 11) is 0. The van der Waals surface area contributed by atoms with Gasteiger partial charge in [0.15, 0.2) is 0 Å². The van der Waals surface area contributed by atoms with Crippen LogP contribution in [0.1, 0.15) is 32.4 Å². The van der Waals surface area contributed by atoms with E-state index in [1.165, 1.54) is 5.56 Å². The highest BCUT2D eigenvalue weighted by Gasteiger charge is 2.45. The molecular weight excluding hydrogens is 158 g/mol. The van der Waals surface area contributed by atoms with E-state index < -0.39 is 0 Å². The number of hydrogen-bond donors (Lipinski definition) is 1. The summed E-state index contributed by atoms with van der Waals surface area (Å²) >= 11 is 0. The summed E-state index contributed by atoms with van der Waals surface area (Å²) < 4.78 is 0. The minimum absolute atomic E-state index is 0.376. The largest absolute Gasteiger partial charge is 0.303 e. The Morgan fingerprint density at radius 2 is 1.69 bits per heavy atom. The maximum absolute atomic E-state index is 3.52. The van der Waals surface area contributed by atoms with Crippen molar-refractivity contribution in [1.29, 1.82) is 0 Å². The van der Waals surface area contributed by atoms with E-state index in [2.05, 4.69) is 56.4 Å². The lowest BCUT2D eigenvalue weighted by Crippen LogP contribution is -2.16. The molecule has 0 unspecified atom stereocenters. The zero-order chi connectivity index (χ0) is 9.47. The molecule has 0 aliphatic carbocycles. The van der Waals surface area contributed by atoms with Gasteiger partial charge in [-0.05, 0) is 11.0 Å². The van der Waals surface area contributed by atoms with E-state index in [4.69, 9.17) is 0 Å². The van der Waals surface area contributed by atoms with Crippen molar-refractivity contribution in [2.45, 2.75) is 32.9 Å². The molecule has 0 saturated carbocycles. The molecule has 1 fully saturated rings. The number of hydrogen-bond acceptors (Lipinski definition) is 1. The standard InChI is InChI=1S/C12H17N/c1-12(2,3)11-10(13-11)9-7-5-4-6-8-9/h4-8,10-11,13H,1-3H3/t10-,11-/m1/s1. The molecule has 13 heavy (non-hydrogen) atoms. The third-order valence-corrected chi connectivity index (χ3v) is 2.68. The van der Waals surface area contributed by atoms with Crippen LogP contribution in [-0.2, 0) is 0 Å². The molecule has 0 radical (unpaired) electrons. The average molecular weight is 175 g/mol. The Kier molecular flexibility index (Phi) is 1.92. The van der Waals surface area contributed by atoms with Crippen LogP contribution >= 0.6 is 0 Å². The average Bonchev–Trinajstić information content (AvgIpc) is 2.83.